The Morgan fingerprint density at radius 1 is 1.26 bits per heavy atom. The fourth-order valence-electron chi connectivity index (χ4n) is 2.74. The summed E-state index contributed by atoms with van der Waals surface area (Å²) in [5.41, 5.74) is 0.804. The Morgan fingerprint density at radius 3 is 2.52 bits per heavy atom. The molecular weight excluding hydrogens is 379 g/mol. The van der Waals surface area contributed by atoms with Crippen LogP contribution in [0.1, 0.15) is 13.8 Å². The first-order valence-electron chi connectivity index (χ1n) is 8.78. The average molecular weight is 404 g/mol. The van der Waals surface area contributed by atoms with Crippen molar-refractivity contribution in [1.82, 2.24) is 0 Å². The molecule has 0 radical (unpaired) electrons. The lowest BCUT2D eigenvalue weighted by atomic mass is 10.2. The Balaban J connectivity index is 0.00000126. The van der Waals surface area contributed by atoms with Crippen LogP contribution in [0.3, 0.4) is 0 Å². The fraction of sp³-hybridized carbons (Fsp3) is 0.588. The van der Waals surface area contributed by atoms with E-state index in [1.54, 1.807) is 12.1 Å². The summed E-state index contributed by atoms with van der Waals surface area (Å²) >= 11 is 0. The first kappa shape index (κ1) is 21.4. The van der Waals surface area contributed by atoms with Crippen molar-refractivity contribution in [2.75, 3.05) is 55.5 Å². The van der Waals surface area contributed by atoms with E-state index in [2.05, 4.69) is 4.18 Å². The third-order valence-corrected chi connectivity index (χ3v) is 4.50. The maximum Gasteiger partial charge on any atom is 0.414 e. The van der Waals surface area contributed by atoms with E-state index in [-0.39, 0.29) is 13.2 Å². The van der Waals surface area contributed by atoms with Gasteiger partial charge in [0.25, 0.3) is 10.1 Å². The number of ether oxygens (including phenoxy) is 2. The summed E-state index contributed by atoms with van der Waals surface area (Å²) in [5.74, 6) is -0.442. The van der Waals surface area contributed by atoms with Gasteiger partial charge >= 0.3 is 6.09 Å². The summed E-state index contributed by atoms with van der Waals surface area (Å²) in [6, 6.07) is 4.52. The number of carbonyl (C=O) groups excluding carboxylic acids is 1. The van der Waals surface area contributed by atoms with Crippen molar-refractivity contribution in [2.45, 2.75) is 20.0 Å². The summed E-state index contributed by atoms with van der Waals surface area (Å²) in [6.07, 6.45) is -0.480. The van der Waals surface area contributed by atoms with Crippen LogP contribution in [-0.4, -0.2) is 66.3 Å². The number of anilines is 2. The second-order valence-electron chi connectivity index (χ2n) is 5.84. The Bertz CT molecular complexity index is 752. The first-order chi connectivity index (χ1) is 12.8. The predicted molar refractivity (Wildman–Crippen MR) is 99.2 cm³/mol. The normalized spacial score (nSPS) is 20.1. The number of rotatable bonds is 5. The highest BCUT2D eigenvalue weighted by atomic mass is 32.2. The number of carbonyl (C=O) groups is 1. The predicted octanol–water partition coefficient (Wildman–Crippen LogP) is 1.99. The van der Waals surface area contributed by atoms with E-state index in [0.29, 0.717) is 37.7 Å². The summed E-state index contributed by atoms with van der Waals surface area (Å²) in [7, 11) is -3.62. The molecule has 8 nitrogen and oxygen atoms in total. The molecule has 152 valence electrons. The minimum atomic E-state index is -3.62. The van der Waals surface area contributed by atoms with Crippen molar-refractivity contribution < 1.29 is 31.3 Å². The molecule has 1 unspecified atom stereocenters. The van der Waals surface area contributed by atoms with Gasteiger partial charge < -0.3 is 14.4 Å². The van der Waals surface area contributed by atoms with Gasteiger partial charge in [-0.2, -0.15) is 8.42 Å². The van der Waals surface area contributed by atoms with Gasteiger partial charge in [0.1, 0.15) is 18.5 Å². The zero-order chi connectivity index (χ0) is 20.0. The van der Waals surface area contributed by atoms with E-state index in [1.165, 1.54) is 11.0 Å². The summed E-state index contributed by atoms with van der Waals surface area (Å²) in [6.45, 7) is 6.11. The molecule has 1 atom stereocenters. The molecule has 0 spiro atoms. The summed E-state index contributed by atoms with van der Waals surface area (Å²) < 4.78 is 51.4. The molecule has 0 saturated carbocycles. The van der Waals surface area contributed by atoms with Crippen LogP contribution in [-0.2, 0) is 23.8 Å². The molecular formula is C17H25FN2O6S. The second-order valence-corrected chi connectivity index (χ2v) is 7.48. The van der Waals surface area contributed by atoms with Crippen LogP contribution in [0.25, 0.3) is 0 Å². The molecule has 0 bridgehead atoms. The van der Waals surface area contributed by atoms with Crippen molar-refractivity contribution in [3.63, 3.8) is 0 Å². The van der Waals surface area contributed by atoms with E-state index < -0.39 is 28.1 Å². The maximum absolute atomic E-state index is 14.5. The molecule has 2 saturated heterocycles. The molecule has 3 rings (SSSR count). The number of benzene rings is 1. The van der Waals surface area contributed by atoms with E-state index in [9.17, 15) is 17.6 Å². The highest BCUT2D eigenvalue weighted by molar-refractivity contribution is 7.85. The van der Waals surface area contributed by atoms with Crippen molar-refractivity contribution in [1.29, 1.82) is 0 Å². The van der Waals surface area contributed by atoms with Crippen LogP contribution in [0.5, 0.6) is 0 Å². The van der Waals surface area contributed by atoms with E-state index >= 15 is 0 Å². The summed E-state index contributed by atoms with van der Waals surface area (Å²) in [5, 5.41) is 0. The number of halogens is 1. The zero-order valence-electron chi connectivity index (χ0n) is 15.7. The Kier molecular flexibility index (Phi) is 7.40. The number of morpholine rings is 1. The van der Waals surface area contributed by atoms with Crippen LogP contribution < -0.4 is 9.80 Å². The van der Waals surface area contributed by atoms with E-state index in [0.717, 1.165) is 6.26 Å². The molecule has 1 amide bonds. The average Bonchev–Trinajstić information content (AvgIpc) is 3.03. The van der Waals surface area contributed by atoms with Gasteiger partial charge in [-0.3, -0.25) is 9.08 Å². The second kappa shape index (κ2) is 9.34. The minimum absolute atomic E-state index is 0.0880. The Labute approximate surface area is 158 Å². The van der Waals surface area contributed by atoms with Gasteiger partial charge in [0.15, 0.2) is 0 Å². The molecule has 27 heavy (non-hydrogen) atoms. The number of nitrogens with zero attached hydrogens (tertiary/aromatic N) is 2. The Morgan fingerprint density at radius 2 is 1.93 bits per heavy atom. The van der Waals surface area contributed by atoms with Gasteiger partial charge in [0.05, 0.1) is 37.4 Å². The molecule has 1 aromatic rings. The standard InChI is InChI=1S/C15H19FN2O6S.C2H6/c1-25(20,21)23-10-12-9-18(15(19)24-12)11-2-3-14(13(16)8-11)17-4-6-22-7-5-17;1-2/h2-3,8,12H,4-7,9-10H2,1H3;1-2H3. The van der Waals surface area contributed by atoms with Crippen molar-refractivity contribution in [3.05, 3.63) is 24.0 Å². The van der Waals surface area contributed by atoms with Crippen molar-refractivity contribution >= 4 is 27.6 Å². The van der Waals surface area contributed by atoms with Gasteiger partial charge in [0, 0.05) is 13.1 Å². The van der Waals surface area contributed by atoms with Crippen LogP contribution >= 0.6 is 0 Å². The fourth-order valence-corrected chi connectivity index (χ4v) is 3.14. The Hall–Kier alpha value is -1.91. The highest BCUT2D eigenvalue weighted by Gasteiger charge is 2.33. The smallest absolute Gasteiger partial charge is 0.414 e. The number of hydrogen-bond donors (Lipinski definition) is 0. The molecule has 0 aliphatic carbocycles. The van der Waals surface area contributed by atoms with Gasteiger partial charge in [0.2, 0.25) is 0 Å². The van der Waals surface area contributed by atoms with Gasteiger partial charge in [-0.25, -0.2) is 9.18 Å². The van der Waals surface area contributed by atoms with E-state index in [4.69, 9.17) is 9.47 Å². The number of cyclic esters (lactones) is 1. The molecule has 2 fully saturated rings. The highest BCUT2D eigenvalue weighted by Crippen LogP contribution is 2.28. The quantitative estimate of drug-likeness (QED) is 0.694. The zero-order valence-corrected chi connectivity index (χ0v) is 16.5. The van der Waals surface area contributed by atoms with Crippen molar-refractivity contribution in [3.8, 4) is 0 Å². The molecule has 0 N–H and O–H groups in total. The lowest BCUT2D eigenvalue weighted by Crippen LogP contribution is -2.36. The molecule has 2 aliphatic heterocycles. The third-order valence-electron chi connectivity index (χ3n) is 3.94. The number of amides is 1. The molecule has 10 heteroatoms. The summed E-state index contributed by atoms with van der Waals surface area (Å²) in [4.78, 5) is 15.1. The van der Waals surface area contributed by atoms with Crippen LogP contribution in [0.15, 0.2) is 18.2 Å². The largest absolute Gasteiger partial charge is 0.441 e. The van der Waals surface area contributed by atoms with Gasteiger partial charge in [-0.1, -0.05) is 13.8 Å². The van der Waals surface area contributed by atoms with Crippen LogP contribution in [0.4, 0.5) is 20.6 Å². The third kappa shape index (κ3) is 5.78. The minimum Gasteiger partial charge on any atom is -0.441 e. The molecule has 0 aromatic heterocycles. The lowest BCUT2D eigenvalue weighted by Gasteiger charge is -2.29. The maximum atomic E-state index is 14.5. The van der Waals surface area contributed by atoms with Gasteiger partial charge in [-0.15, -0.1) is 0 Å². The van der Waals surface area contributed by atoms with Gasteiger partial charge in [-0.05, 0) is 18.2 Å². The molecule has 2 aliphatic rings. The van der Waals surface area contributed by atoms with E-state index in [1.807, 2.05) is 18.7 Å². The molecule has 1 aromatic carbocycles. The lowest BCUT2D eigenvalue weighted by molar-refractivity contribution is 0.107. The van der Waals surface area contributed by atoms with Crippen LogP contribution in [0, 0.1) is 5.82 Å². The van der Waals surface area contributed by atoms with Crippen molar-refractivity contribution in [2.24, 2.45) is 0 Å². The van der Waals surface area contributed by atoms with Crippen LogP contribution in [0.2, 0.25) is 0 Å². The topological polar surface area (TPSA) is 85.4 Å². The SMILES string of the molecule is CC.CS(=O)(=O)OCC1CN(c2ccc(N3CCOCC3)c(F)c2)C(=O)O1. The molecule has 2 heterocycles. The first-order valence-corrected chi connectivity index (χ1v) is 10.6. The monoisotopic (exact) mass is 404 g/mol. The number of hydrogen-bond acceptors (Lipinski definition) is 7.